The summed E-state index contributed by atoms with van der Waals surface area (Å²) >= 11 is 12.3. The molecule has 0 bridgehead atoms. The van der Waals surface area contributed by atoms with Crippen LogP contribution in [-0.2, 0) is 0 Å². The SMILES string of the molecule is O=C(Nc1ccc(Nc2nc(N3CCCCC3)nc(N3CCCCC3)n2)cc1O)c1c(Cl)cccc1Cl. The smallest absolute Gasteiger partial charge is 0.258 e. The number of anilines is 5. The second kappa shape index (κ2) is 11.4. The number of aromatic hydroxyl groups is 1. The maximum Gasteiger partial charge on any atom is 0.258 e. The fourth-order valence-electron chi connectivity index (χ4n) is 4.62. The van der Waals surface area contributed by atoms with Crippen molar-refractivity contribution < 1.29 is 9.90 Å². The summed E-state index contributed by atoms with van der Waals surface area (Å²) in [7, 11) is 0. The first-order valence-electron chi connectivity index (χ1n) is 12.6. The second-order valence-corrected chi connectivity index (χ2v) is 10.1. The largest absolute Gasteiger partial charge is 0.506 e. The van der Waals surface area contributed by atoms with E-state index in [2.05, 4.69) is 20.4 Å². The number of carbonyl (C=O) groups is 1. The summed E-state index contributed by atoms with van der Waals surface area (Å²) in [6.45, 7) is 3.70. The van der Waals surface area contributed by atoms with Crippen LogP contribution in [0.2, 0.25) is 10.0 Å². The van der Waals surface area contributed by atoms with Gasteiger partial charge in [-0.25, -0.2) is 0 Å². The first-order valence-corrected chi connectivity index (χ1v) is 13.3. The average Bonchev–Trinajstić information content (AvgIpc) is 2.91. The number of phenols is 1. The second-order valence-electron chi connectivity index (χ2n) is 9.26. The Morgan fingerprint density at radius 3 is 1.92 bits per heavy atom. The van der Waals surface area contributed by atoms with Crippen molar-refractivity contribution >= 4 is 58.3 Å². The molecule has 0 saturated carbocycles. The van der Waals surface area contributed by atoms with Crippen molar-refractivity contribution in [3.8, 4) is 5.75 Å². The van der Waals surface area contributed by atoms with Gasteiger partial charge in [0.1, 0.15) is 5.75 Å². The molecule has 0 unspecified atom stereocenters. The van der Waals surface area contributed by atoms with Crippen LogP contribution in [0.3, 0.4) is 0 Å². The van der Waals surface area contributed by atoms with Crippen molar-refractivity contribution in [3.63, 3.8) is 0 Å². The quantitative estimate of drug-likeness (QED) is 0.333. The fourth-order valence-corrected chi connectivity index (χ4v) is 5.19. The molecule has 194 valence electrons. The predicted octanol–water partition coefficient (Wildman–Crippen LogP) is 5.86. The van der Waals surface area contributed by atoms with Gasteiger partial charge < -0.3 is 25.5 Å². The van der Waals surface area contributed by atoms with Crippen LogP contribution in [-0.4, -0.2) is 52.1 Å². The standard InChI is InChI=1S/C26H29Cl2N7O2/c27-18-8-7-9-19(28)22(18)23(37)30-20-11-10-17(16-21(20)36)29-24-31-25(34-12-3-1-4-13-34)33-26(32-24)35-14-5-2-6-15-35/h7-11,16,36H,1-6,12-15H2,(H,30,37)(H,29,31,32,33). The molecule has 3 aromatic rings. The van der Waals surface area contributed by atoms with Gasteiger partial charge >= 0.3 is 0 Å². The first kappa shape index (κ1) is 25.4. The summed E-state index contributed by atoms with van der Waals surface area (Å²) in [6, 6.07) is 9.66. The molecule has 0 spiro atoms. The molecule has 0 radical (unpaired) electrons. The molecule has 0 aliphatic carbocycles. The van der Waals surface area contributed by atoms with Crippen molar-refractivity contribution in [1.82, 2.24) is 15.0 Å². The molecule has 37 heavy (non-hydrogen) atoms. The molecule has 5 rings (SSSR count). The average molecular weight is 542 g/mol. The van der Waals surface area contributed by atoms with E-state index in [9.17, 15) is 9.90 Å². The summed E-state index contributed by atoms with van der Waals surface area (Å²) in [5, 5.41) is 17.0. The molecule has 2 aromatic carbocycles. The lowest BCUT2D eigenvalue weighted by molar-refractivity contribution is 0.102. The highest BCUT2D eigenvalue weighted by Gasteiger charge is 2.21. The number of halogens is 2. The predicted molar refractivity (Wildman–Crippen MR) is 148 cm³/mol. The molecule has 2 saturated heterocycles. The van der Waals surface area contributed by atoms with Crippen LogP contribution in [0, 0.1) is 0 Å². The summed E-state index contributed by atoms with van der Waals surface area (Å²) in [4.78, 5) is 31.3. The van der Waals surface area contributed by atoms with Gasteiger partial charge in [0, 0.05) is 37.9 Å². The van der Waals surface area contributed by atoms with Gasteiger partial charge in [0.2, 0.25) is 17.8 Å². The lowest BCUT2D eigenvalue weighted by Gasteiger charge is -2.30. The molecule has 3 N–H and O–H groups in total. The van der Waals surface area contributed by atoms with E-state index in [1.807, 2.05) is 0 Å². The number of nitrogens with one attached hydrogen (secondary N) is 2. The first-order chi connectivity index (χ1) is 18.0. The van der Waals surface area contributed by atoms with E-state index in [1.165, 1.54) is 18.9 Å². The van der Waals surface area contributed by atoms with E-state index >= 15 is 0 Å². The number of hydrogen-bond donors (Lipinski definition) is 3. The normalized spacial score (nSPS) is 15.9. The van der Waals surface area contributed by atoms with Gasteiger partial charge in [-0.1, -0.05) is 29.3 Å². The zero-order valence-electron chi connectivity index (χ0n) is 20.4. The lowest BCUT2D eigenvalue weighted by Crippen LogP contribution is -2.34. The number of amides is 1. The van der Waals surface area contributed by atoms with Crippen molar-refractivity contribution in [2.24, 2.45) is 0 Å². The molecular weight excluding hydrogens is 513 g/mol. The minimum absolute atomic E-state index is 0.122. The van der Waals surface area contributed by atoms with Crippen LogP contribution in [0.1, 0.15) is 48.9 Å². The van der Waals surface area contributed by atoms with Gasteiger partial charge in [0.15, 0.2) is 0 Å². The molecule has 9 nitrogen and oxygen atoms in total. The number of benzene rings is 2. The van der Waals surface area contributed by atoms with Crippen molar-refractivity contribution in [2.45, 2.75) is 38.5 Å². The Labute approximate surface area is 225 Å². The molecule has 1 amide bonds. The van der Waals surface area contributed by atoms with Crippen molar-refractivity contribution in [3.05, 3.63) is 52.0 Å². The Hall–Kier alpha value is -3.30. The van der Waals surface area contributed by atoms with Gasteiger partial charge in [0.05, 0.1) is 21.3 Å². The monoisotopic (exact) mass is 541 g/mol. The Morgan fingerprint density at radius 2 is 1.38 bits per heavy atom. The van der Waals surface area contributed by atoms with Crippen LogP contribution >= 0.6 is 23.2 Å². The third-order valence-corrected chi connectivity index (χ3v) is 7.21. The number of nitrogens with zero attached hydrogens (tertiary/aromatic N) is 5. The lowest BCUT2D eigenvalue weighted by atomic mass is 10.1. The van der Waals surface area contributed by atoms with E-state index in [1.54, 1.807) is 30.3 Å². The number of piperidine rings is 2. The third kappa shape index (κ3) is 5.99. The highest BCUT2D eigenvalue weighted by atomic mass is 35.5. The van der Waals surface area contributed by atoms with Crippen LogP contribution in [0.4, 0.5) is 29.2 Å². The van der Waals surface area contributed by atoms with E-state index in [0.717, 1.165) is 51.9 Å². The fraction of sp³-hybridized carbons (Fsp3) is 0.385. The van der Waals surface area contributed by atoms with Gasteiger partial charge in [-0.15, -0.1) is 0 Å². The minimum atomic E-state index is -0.513. The van der Waals surface area contributed by atoms with E-state index in [-0.39, 0.29) is 27.0 Å². The number of aromatic nitrogens is 3. The Morgan fingerprint density at radius 1 is 0.811 bits per heavy atom. The minimum Gasteiger partial charge on any atom is -0.506 e. The number of rotatable bonds is 6. The highest BCUT2D eigenvalue weighted by Crippen LogP contribution is 2.31. The Balaban J connectivity index is 1.37. The zero-order valence-corrected chi connectivity index (χ0v) is 21.9. The summed E-state index contributed by atoms with van der Waals surface area (Å²) in [6.07, 6.45) is 6.91. The molecule has 2 aliphatic rings. The van der Waals surface area contributed by atoms with E-state index in [0.29, 0.717) is 23.5 Å². The van der Waals surface area contributed by atoms with Gasteiger partial charge in [0.25, 0.3) is 5.91 Å². The van der Waals surface area contributed by atoms with Gasteiger partial charge in [-0.2, -0.15) is 15.0 Å². The maximum atomic E-state index is 12.7. The molecule has 11 heteroatoms. The summed E-state index contributed by atoms with van der Waals surface area (Å²) in [5.41, 5.74) is 0.949. The van der Waals surface area contributed by atoms with Crippen molar-refractivity contribution in [2.75, 3.05) is 46.6 Å². The number of hydrogen-bond acceptors (Lipinski definition) is 8. The van der Waals surface area contributed by atoms with Crippen molar-refractivity contribution in [1.29, 1.82) is 0 Å². The molecule has 3 heterocycles. The van der Waals surface area contributed by atoms with Gasteiger partial charge in [-0.05, 0) is 62.8 Å². The van der Waals surface area contributed by atoms with E-state index in [4.69, 9.17) is 38.2 Å². The molecule has 2 aliphatic heterocycles. The molecule has 0 atom stereocenters. The molecule has 1 aromatic heterocycles. The van der Waals surface area contributed by atoms with Crippen LogP contribution < -0.4 is 20.4 Å². The molecule has 2 fully saturated rings. The third-order valence-electron chi connectivity index (χ3n) is 6.58. The molecular formula is C26H29Cl2N7O2. The van der Waals surface area contributed by atoms with Crippen LogP contribution in [0.25, 0.3) is 0 Å². The van der Waals surface area contributed by atoms with E-state index < -0.39 is 5.91 Å². The van der Waals surface area contributed by atoms with Crippen LogP contribution in [0.15, 0.2) is 36.4 Å². The van der Waals surface area contributed by atoms with Crippen LogP contribution in [0.5, 0.6) is 5.75 Å². The summed E-state index contributed by atoms with van der Waals surface area (Å²) in [5.74, 6) is 1.12. The topological polar surface area (TPSA) is 107 Å². The maximum absolute atomic E-state index is 12.7. The summed E-state index contributed by atoms with van der Waals surface area (Å²) < 4.78 is 0. The number of carbonyl (C=O) groups excluding carboxylic acids is 1. The Kier molecular flexibility index (Phi) is 7.81. The number of phenolic OH excluding ortho intramolecular Hbond substituents is 1. The van der Waals surface area contributed by atoms with Gasteiger partial charge in [-0.3, -0.25) is 4.79 Å². The Bertz CT molecular complexity index is 1220. The zero-order chi connectivity index (χ0) is 25.8. The highest BCUT2D eigenvalue weighted by molar-refractivity contribution is 6.40.